The summed E-state index contributed by atoms with van der Waals surface area (Å²) in [5.74, 6) is 1.39. The van der Waals surface area contributed by atoms with Gasteiger partial charge in [0.1, 0.15) is 5.75 Å². The van der Waals surface area contributed by atoms with E-state index in [2.05, 4.69) is 15.6 Å². The molecule has 1 fully saturated rings. The molecule has 1 aliphatic rings. The van der Waals surface area contributed by atoms with E-state index in [1.165, 1.54) is 4.90 Å². The minimum atomic E-state index is -4.17. The molecule has 6 nitrogen and oxygen atoms in total. The molecule has 0 aromatic heterocycles. The third-order valence-electron chi connectivity index (χ3n) is 4.56. The first-order valence-electron chi connectivity index (χ1n) is 9.94. The van der Waals surface area contributed by atoms with E-state index >= 15 is 0 Å². The van der Waals surface area contributed by atoms with Crippen LogP contribution in [0.5, 0.6) is 5.75 Å². The molecule has 0 bridgehead atoms. The van der Waals surface area contributed by atoms with Crippen LogP contribution in [0.3, 0.4) is 0 Å². The smallest absolute Gasteiger partial charge is 0.401 e. The molecule has 0 saturated carbocycles. The third-order valence-corrected chi connectivity index (χ3v) is 4.56. The highest BCUT2D eigenvalue weighted by atomic mass is 19.4. The van der Waals surface area contributed by atoms with Crippen molar-refractivity contribution in [3.8, 4) is 5.75 Å². The van der Waals surface area contributed by atoms with E-state index in [9.17, 15) is 13.2 Å². The highest BCUT2D eigenvalue weighted by molar-refractivity contribution is 5.80. The number of rotatable bonds is 10. The second kappa shape index (κ2) is 11.9. The van der Waals surface area contributed by atoms with Gasteiger partial charge in [0.05, 0.1) is 20.2 Å². The number of hydrogen-bond donors (Lipinski definition) is 2. The third kappa shape index (κ3) is 9.36. The highest BCUT2D eigenvalue weighted by Crippen LogP contribution is 2.20. The second-order valence-electron chi connectivity index (χ2n) is 6.97. The van der Waals surface area contributed by atoms with Gasteiger partial charge in [0.15, 0.2) is 5.96 Å². The van der Waals surface area contributed by atoms with Gasteiger partial charge in [-0.3, -0.25) is 4.90 Å². The van der Waals surface area contributed by atoms with Crippen LogP contribution in [-0.4, -0.2) is 69.6 Å². The van der Waals surface area contributed by atoms with E-state index in [0.717, 1.165) is 17.7 Å². The van der Waals surface area contributed by atoms with Crippen molar-refractivity contribution in [1.29, 1.82) is 0 Å². The van der Waals surface area contributed by atoms with Crippen molar-refractivity contribution in [3.05, 3.63) is 29.8 Å². The van der Waals surface area contributed by atoms with Gasteiger partial charge in [0, 0.05) is 38.9 Å². The minimum Gasteiger partial charge on any atom is -0.497 e. The van der Waals surface area contributed by atoms with Crippen LogP contribution in [0.1, 0.15) is 25.3 Å². The molecular weight excluding hydrogens is 385 g/mol. The maximum absolute atomic E-state index is 12.6. The summed E-state index contributed by atoms with van der Waals surface area (Å²) < 4.78 is 48.3. The zero-order valence-electron chi connectivity index (χ0n) is 17.1. The maximum Gasteiger partial charge on any atom is 0.401 e. The molecule has 1 aromatic carbocycles. The van der Waals surface area contributed by atoms with Crippen molar-refractivity contribution in [2.45, 2.75) is 38.5 Å². The summed E-state index contributed by atoms with van der Waals surface area (Å²) in [7, 11) is 1.62. The number of aliphatic imine (C=N–C) groups is 1. The summed E-state index contributed by atoms with van der Waals surface area (Å²) in [6, 6.07) is 7.57. The zero-order chi connectivity index (χ0) is 21.1. The van der Waals surface area contributed by atoms with Crippen molar-refractivity contribution in [3.63, 3.8) is 0 Å². The van der Waals surface area contributed by atoms with E-state index < -0.39 is 12.7 Å². The normalized spacial score (nSPS) is 18.1. The van der Waals surface area contributed by atoms with Crippen LogP contribution in [0.15, 0.2) is 29.3 Å². The summed E-state index contributed by atoms with van der Waals surface area (Å²) >= 11 is 0. The van der Waals surface area contributed by atoms with Crippen molar-refractivity contribution >= 4 is 5.96 Å². The van der Waals surface area contributed by atoms with Crippen LogP contribution in [0.25, 0.3) is 0 Å². The monoisotopic (exact) mass is 416 g/mol. The molecular formula is C20H31F3N4O2. The fourth-order valence-electron chi connectivity index (χ4n) is 3.12. The molecule has 1 aliphatic heterocycles. The van der Waals surface area contributed by atoms with Crippen LogP contribution >= 0.6 is 0 Å². The quantitative estimate of drug-likeness (QED) is 0.349. The molecule has 29 heavy (non-hydrogen) atoms. The average molecular weight is 416 g/mol. The zero-order valence-corrected chi connectivity index (χ0v) is 17.1. The van der Waals surface area contributed by atoms with Gasteiger partial charge in [-0.15, -0.1) is 0 Å². The number of likely N-dealkylation sites (tertiary alicyclic amines) is 1. The molecule has 0 spiro atoms. The molecule has 9 heteroatoms. The van der Waals surface area contributed by atoms with Crippen molar-refractivity contribution in [1.82, 2.24) is 15.5 Å². The van der Waals surface area contributed by atoms with E-state index in [-0.39, 0.29) is 6.04 Å². The molecule has 0 radical (unpaired) electrons. The molecule has 0 aliphatic carbocycles. The molecule has 164 valence electrons. The average Bonchev–Trinajstić information content (AvgIpc) is 3.11. The Labute approximate surface area is 170 Å². The van der Waals surface area contributed by atoms with E-state index in [1.807, 2.05) is 31.2 Å². The number of ether oxygens (including phenoxy) is 2. The lowest BCUT2D eigenvalue weighted by molar-refractivity contribution is -0.143. The van der Waals surface area contributed by atoms with Crippen LogP contribution < -0.4 is 15.4 Å². The Kier molecular flexibility index (Phi) is 9.53. The fraction of sp³-hybridized carbons (Fsp3) is 0.650. The van der Waals surface area contributed by atoms with E-state index in [1.54, 1.807) is 7.11 Å². The number of benzene rings is 1. The number of guanidine groups is 1. The summed E-state index contributed by atoms with van der Waals surface area (Å²) in [4.78, 5) is 6.03. The molecule has 2 rings (SSSR count). The summed E-state index contributed by atoms with van der Waals surface area (Å²) in [6.07, 6.45) is -2.70. The number of nitrogens with one attached hydrogen (secondary N) is 2. The number of hydrogen-bond acceptors (Lipinski definition) is 4. The van der Waals surface area contributed by atoms with Gasteiger partial charge in [-0.1, -0.05) is 12.1 Å². The Morgan fingerprint density at radius 3 is 2.69 bits per heavy atom. The number of methoxy groups -OCH3 is 1. The van der Waals surface area contributed by atoms with Crippen LogP contribution in [0, 0.1) is 0 Å². The summed E-state index contributed by atoms with van der Waals surface area (Å²) in [5, 5.41) is 6.53. The van der Waals surface area contributed by atoms with Crippen molar-refractivity contribution < 1.29 is 22.6 Å². The Balaban J connectivity index is 1.91. The first-order valence-corrected chi connectivity index (χ1v) is 9.94. The number of nitrogens with zero attached hydrogens (tertiary/aromatic N) is 2. The van der Waals surface area contributed by atoms with Crippen LogP contribution in [0.4, 0.5) is 13.2 Å². The van der Waals surface area contributed by atoms with Crippen molar-refractivity contribution in [2.24, 2.45) is 4.99 Å². The highest BCUT2D eigenvalue weighted by Gasteiger charge is 2.34. The molecule has 0 amide bonds. The van der Waals surface area contributed by atoms with Crippen molar-refractivity contribution in [2.75, 3.05) is 46.5 Å². The first kappa shape index (κ1) is 23.3. The largest absolute Gasteiger partial charge is 0.497 e. The molecule has 1 saturated heterocycles. The lowest BCUT2D eigenvalue weighted by Crippen LogP contribution is -2.45. The summed E-state index contributed by atoms with van der Waals surface area (Å²) in [6.45, 7) is 4.31. The van der Waals surface area contributed by atoms with Gasteiger partial charge in [0.2, 0.25) is 0 Å². The maximum atomic E-state index is 12.6. The lowest BCUT2D eigenvalue weighted by Gasteiger charge is -2.20. The Hall–Kier alpha value is -2.00. The Morgan fingerprint density at radius 1 is 1.28 bits per heavy atom. The van der Waals surface area contributed by atoms with Gasteiger partial charge < -0.3 is 20.1 Å². The molecule has 1 heterocycles. The molecule has 1 aromatic rings. The number of alkyl halides is 3. The minimum absolute atomic E-state index is 0.0636. The second-order valence-corrected chi connectivity index (χ2v) is 6.97. The Bertz CT molecular complexity index is 623. The fourth-order valence-corrected chi connectivity index (χ4v) is 3.12. The Morgan fingerprint density at radius 2 is 2.03 bits per heavy atom. The molecule has 1 unspecified atom stereocenters. The summed E-state index contributed by atoms with van der Waals surface area (Å²) in [5.41, 5.74) is 1.02. The first-order chi connectivity index (χ1) is 13.9. The lowest BCUT2D eigenvalue weighted by atomic mass is 10.2. The van der Waals surface area contributed by atoms with Gasteiger partial charge in [-0.2, -0.15) is 13.2 Å². The van der Waals surface area contributed by atoms with Crippen LogP contribution in [-0.2, 0) is 11.3 Å². The van der Waals surface area contributed by atoms with E-state index in [0.29, 0.717) is 51.8 Å². The molecule has 1 atom stereocenters. The SMILES string of the molecule is CCOCCCNC(=NCc1ccc(OC)cc1)NC1CCN(CC(F)(F)F)C1. The predicted molar refractivity (Wildman–Crippen MR) is 107 cm³/mol. The predicted octanol–water partition coefficient (Wildman–Crippen LogP) is 2.79. The number of halogens is 3. The van der Waals surface area contributed by atoms with Gasteiger partial charge in [-0.05, 0) is 37.5 Å². The van der Waals surface area contributed by atoms with Gasteiger partial charge >= 0.3 is 6.18 Å². The van der Waals surface area contributed by atoms with Gasteiger partial charge in [0.25, 0.3) is 0 Å². The van der Waals surface area contributed by atoms with Gasteiger partial charge in [-0.25, -0.2) is 4.99 Å². The van der Waals surface area contributed by atoms with Crippen LogP contribution in [0.2, 0.25) is 0 Å². The molecule has 2 N–H and O–H groups in total. The standard InChI is InChI=1S/C20H31F3N4O2/c1-3-29-12-4-10-24-19(25-13-16-5-7-18(28-2)8-6-16)26-17-9-11-27(14-17)15-20(21,22)23/h5-8,17H,3-4,9-15H2,1-2H3,(H2,24,25,26). The topological polar surface area (TPSA) is 58.1 Å². The van der Waals surface area contributed by atoms with E-state index in [4.69, 9.17) is 9.47 Å².